The number of para-hydroxylation sites is 1. The Morgan fingerprint density at radius 3 is 2.79 bits per heavy atom. The van der Waals surface area contributed by atoms with Crippen molar-refractivity contribution < 1.29 is 0 Å². The Morgan fingerprint density at radius 1 is 1.16 bits per heavy atom. The van der Waals surface area contributed by atoms with Crippen LogP contribution >= 0.6 is 12.4 Å². The van der Waals surface area contributed by atoms with Gasteiger partial charge in [0.1, 0.15) is 0 Å². The van der Waals surface area contributed by atoms with Crippen LogP contribution in [0.25, 0.3) is 10.9 Å². The zero-order valence-corrected chi connectivity index (χ0v) is 12.1. The van der Waals surface area contributed by atoms with Crippen molar-refractivity contribution in [3.63, 3.8) is 0 Å². The summed E-state index contributed by atoms with van der Waals surface area (Å²) in [6, 6.07) is 8.55. The van der Waals surface area contributed by atoms with Crippen LogP contribution < -0.4 is 5.32 Å². The lowest BCUT2D eigenvalue weighted by molar-refractivity contribution is 0.492. The van der Waals surface area contributed by atoms with Gasteiger partial charge >= 0.3 is 0 Å². The first-order valence-electron chi connectivity index (χ1n) is 7.19. The normalized spacial score (nSPS) is 15.8. The number of rotatable bonds is 5. The average molecular weight is 279 g/mol. The van der Waals surface area contributed by atoms with Crippen molar-refractivity contribution >= 4 is 23.3 Å². The Kier molecular flexibility index (Phi) is 5.29. The summed E-state index contributed by atoms with van der Waals surface area (Å²) < 4.78 is 0. The molecule has 0 spiro atoms. The van der Waals surface area contributed by atoms with Gasteiger partial charge in [0.25, 0.3) is 0 Å². The highest BCUT2D eigenvalue weighted by Gasteiger charge is 2.13. The fraction of sp³-hybridized carbons (Fsp3) is 0.500. The predicted molar refractivity (Wildman–Crippen MR) is 84.1 cm³/mol. The fourth-order valence-corrected chi connectivity index (χ4v) is 3.08. The molecule has 0 radical (unpaired) electrons. The summed E-state index contributed by atoms with van der Waals surface area (Å²) >= 11 is 0. The third-order valence-corrected chi connectivity index (χ3v) is 4.15. The number of H-pyrrole nitrogens is 1. The first-order valence-corrected chi connectivity index (χ1v) is 7.19. The average Bonchev–Trinajstić information content (AvgIpc) is 3.04. The van der Waals surface area contributed by atoms with Crippen LogP contribution in [0.5, 0.6) is 0 Å². The third-order valence-electron chi connectivity index (χ3n) is 4.15. The van der Waals surface area contributed by atoms with E-state index in [1.54, 1.807) is 0 Å². The van der Waals surface area contributed by atoms with E-state index in [1.807, 2.05) is 0 Å². The summed E-state index contributed by atoms with van der Waals surface area (Å²) in [7, 11) is 0. The van der Waals surface area contributed by atoms with Crippen LogP contribution in [0.4, 0.5) is 0 Å². The van der Waals surface area contributed by atoms with Crippen LogP contribution in [0, 0.1) is 5.92 Å². The van der Waals surface area contributed by atoms with Gasteiger partial charge in [-0.25, -0.2) is 0 Å². The molecule has 0 bridgehead atoms. The quantitative estimate of drug-likeness (QED) is 0.798. The van der Waals surface area contributed by atoms with Gasteiger partial charge < -0.3 is 10.3 Å². The van der Waals surface area contributed by atoms with Crippen molar-refractivity contribution in [1.29, 1.82) is 0 Å². The van der Waals surface area contributed by atoms with Crippen molar-refractivity contribution in [3.8, 4) is 0 Å². The molecular formula is C16H23ClN2. The zero-order chi connectivity index (χ0) is 12.2. The molecule has 104 valence electrons. The number of fused-ring (bicyclic) bond motifs is 1. The number of benzene rings is 1. The maximum atomic E-state index is 3.62. The van der Waals surface area contributed by atoms with Crippen molar-refractivity contribution in [1.82, 2.24) is 10.3 Å². The maximum absolute atomic E-state index is 3.62. The molecule has 0 amide bonds. The van der Waals surface area contributed by atoms with Gasteiger partial charge in [0, 0.05) is 17.1 Å². The SMILES string of the molecule is Cl.c1ccc2c(CCNCC3CCCC3)c[nH]c2c1. The van der Waals surface area contributed by atoms with Crippen LogP contribution in [-0.4, -0.2) is 18.1 Å². The third kappa shape index (κ3) is 3.52. The molecule has 2 aromatic rings. The highest BCUT2D eigenvalue weighted by atomic mass is 35.5. The molecule has 1 aromatic carbocycles. The monoisotopic (exact) mass is 278 g/mol. The summed E-state index contributed by atoms with van der Waals surface area (Å²) in [5.41, 5.74) is 2.69. The van der Waals surface area contributed by atoms with E-state index in [-0.39, 0.29) is 12.4 Å². The molecule has 3 heteroatoms. The van der Waals surface area contributed by atoms with Gasteiger partial charge in [-0.3, -0.25) is 0 Å². The molecule has 3 rings (SSSR count). The highest BCUT2D eigenvalue weighted by molar-refractivity contribution is 5.85. The lowest BCUT2D eigenvalue weighted by atomic mass is 10.1. The molecule has 2 N–H and O–H groups in total. The van der Waals surface area contributed by atoms with Crippen LogP contribution in [-0.2, 0) is 6.42 Å². The maximum Gasteiger partial charge on any atom is 0.0456 e. The molecule has 1 heterocycles. The molecule has 0 saturated heterocycles. The molecule has 1 fully saturated rings. The number of hydrogen-bond acceptors (Lipinski definition) is 1. The van der Waals surface area contributed by atoms with Crippen molar-refractivity contribution in [2.24, 2.45) is 5.92 Å². The van der Waals surface area contributed by atoms with Crippen LogP contribution in [0.3, 0.4) is 0 Å². The lowest BCUT2D eigenvalue weighted by Crippen LogP contribution is -2.23. The largest absolute Gasteiger partial charge is 0.361 e. The highest BCUT2D eigenvalue weighted by Crippen LogP contribution is 2.23. The minimum atomic E-state index is 0. The molecule has 1 aliphatic rings. The van der Waals surface area contributed by atoms with E-state index in [1.165, 1.54) is 48.7 Å². The summed E-state index contributed by atoms with van der Waals surface area (Å²) in [4.78, 5) is 3.34. The predicted octanol–water partition coefficient (Wildman–Crippen LogP) is 3.91. The second kappa shape index (κ2) is 6.97. The smallest absolute Gasteiger partial charge is 0.0456 e. The topological polar surface area (TPSA) is 27.8 Å². The lowest BCUT2D eigenvalue weighted by Gasteiger charge is -2.09. The molecular weight excluding hydrogens is 256 g/mol. The molecule has 2 nitrogen and oxygen atoms in total. The van der Waals surface area contributed by atoms with E-state index in [2.05, 4.69) is 40.8 Å². The first-order chi connectivity index (χ1) is 8.93. The molecule has 0 aliphatic heterocycles. The number of nitrogens with one attached hydrogen (secondary N) is 2. The van der Waals surface area contributed by atoms with E-state index < -0.39 is 0 Å². The standard InChI is InChI=1S/C16H22N2.ClH/c1-2-6-13(5-1)11-17-10-9-14-12-18-16-8-4-3-7-15(14)16;/h3-4,7-8,12-13,17-18H,1-2,5-6,9-11H2;1H. The van der Waals surface area contributed by atoms with E-state index >= 15 is 0 Å². The number of aromatic nitrogens is 1. The van der Waals surface area contributed by atoms with Crippen LogP contribution in [0.15, 0.2) is 30.5 Å². The fourth-order valence-electron chi connectivity index (χ4n) is 3.08. The molecule has 1 aromatic heterocycles. The summed E-state index contributed by atoms with van der Waals surface area (Å²) in [6.07, 6.45) is 9.02. The van der Waals surface area contributed by atoms with Gasteiger partial charge in [-0.15, -0.1) is 12.4 Å². The van der Waals surface area contributed by atoms with Crippen molar-refractivity contribution in [2.75, 3.05) is 13.1 Å². The first kappa shape index (κ1) is 14.4. The Morgan fingerprint density at radius 2 is 1.95 bits per heavy atom. The van der Waals surface area contributed by atoms with Crippen molar-refractivity contribution in [2.45, 2.75) is 32.1 Å². The van der Waals surface area contributed by atoms with Gasteiger partial charge in [0.05, 0.1) is 0 Å². The van der Waals surface area contributed by atoms with Crippen molar-refractivity contribution in [3.05, 3.63) is 36.0 Å². The molecule has 1 aliphatic carbocycles. The zero-order valence-electron chi connectivity index (χ0n) is 11.3. The van der Waals surface area contributed by atoms with E-state index in [0.29, 0.717) is 0 Å². The Bertz CT molecular complexity index is 500. The van der Waals surface area contributed by atoms with E-state index in [4.69, 9.17) is 0 Å². The Balaban J connectivity index is 0.00000133. The van der Waals surface area contributed by atoms with E-state index in [9.17, 15) is 0 Å². The second-order valence-electron chi connectivity index (χ2n) is 5.46. The van der Waals surface area contributed by atoms with Gasteiger partial charge in [0.15, 0.2) is 0 Å². The van der Waals surface area contributed by atoms with Gasteiger partial charge in [-0.1, -0.05) is 31.0 Å². The summed E-state index contributed by atoms with van der Waals surface area (Å²) in [5.74, 6) is 0.938. The number of aromatic amines is 1. The summed E-state index contributed by atoms with van der Waals surface area (Å²) in [5, 5.41) is 4.99. The van der Waals surface area contributed by atoms with Crippen LogP contribution in [0.1, 0.15) is 31.2 Å². The molecule has 0 unspecified atom stereocenters. The van der Waals surface area contributed by atoms with Gasteiger partial charge in [-0.05, 0) is 49.9 Å². The Hall–Kier alpha value is -0.990. The minimum absolute atomic E-state index is 0. The Labute approximate surface area is 121 Å². The van der Waals surface area contributed by atoms with Crippen LogP contribution in [0.2, 0.25) is 0 Å². The minimum Gasteiger partial charge on any atom is -0.361 e. The summed E-state index contributed by atoms with van der Waals surface area (Å²) in [6.45, 7) is 2.31. The molecule has 19 heavy (non-hydrogen) atoms. The molecule has 0 atom stereocenters. The van der Waals surface area contributed by atoms with E-state index in [0.717, 1.165) is 18.9 Å². The van der Waals surface area contributed by atoms with Gasteiger partial charge in [0.2, 0.25) is 0 Å². The van der Waals surface area contributed by atoms with Gasteiger partial charge in [-0.2, -0.15) is 0 Å². The second-order valence-corrected chi connectivity index (χ2v) is 5.46. The number of hydrogen-bond donors (Lipinski definition) is 2. The molecule has 1 saturated carbocycles. The number of halogens is 1.